The number of aromatic nitrogens is 2. The fraction of sp³-hybridized carbons (Fsp3) is 0.0588. The summed E-state index contributed by atoms with van der Waals surface area (Å²) in [6.45, 7) is 2.04. The second kappa shape index (κ2) is 5.50. The van der Waals surface area contributed by atoms with Gasteiger partial charge in [0.1, 0.15) is 4.99 Å². The Bertz CT molecular complexity index is 791. The van der Waals surface area contributed by atoms with Crippen molar-refractivity contribution in [2.45, 2.75) is 6.92 Å². The van der Waals surface area contributed by atoms with E-state index in [0.717, 1.165) is 27.9 Å². The van der Waals surface area contributed by atoms with Gasteiger partial charge in [-0.3, -0.25) is 0 Å². The number of nitrogens with zero attached hydrogens (tertiary/aromatic N) is 2. The van der Waals surface area contributed by atoms with Crippen molar-refractivity contribution in [2.75, 3.05) is 0 Å². The molecule has 3 rings (SSSR count). The van der Waals surface area contributed by atoms with Crippen LogP contribution in [0.2, 0.25) is 0 Å². The smallest absolute Gasteiger partial charge is 0.106 e. The average molecular weight is 293 g/mol. The average Bonchev–Trinajstić information content (AvgIpc) is 2.97. The lowest BCUT2D eigenvalue weighted by Gasteiger charge is -2.09. The van der Waals surface area contributed by atoms with Gasteiger partial charge in [0, 0.05) is 17.3 Å². The van der Waals surface area contributed by atoms with Crippen molar-refractivity contribution < 1.29 is 0 Å². The molecule has 4 heteroatoms. The Morgan fingerprint density at radius 3 is 2.57 bits per heavy atom. The number of benzene rings is 2. The van der Waals surface area contributed by atoms with Crippen LogP contribution in [-0.2, 0) is 0 Å². The molecular weight excluding hydrogens is 278 g/mol. The van der Waals surface area contributed by atoms with Crippen LogP contribution in [0.15, 0.2) is 60.9 Å². The molecule has 0 saturated carbocycles. The first-order chi connectivity index (χ1) is 10.1. The van der Waals surface area contributed by atoms with Gasteiger partial charge in [0.05, 0.1) is 11.9 Å². The maximum atomic E-state index is 5.81. The molecule has 3 aromatic rings. The first-order valence-corrected chi connectivity index (χ1v) is 7.07. The second-order valence-corrected chi connectivity index (χ2v) is 5.36. The summed E-state index contributed by atoms with van der Waals surface area (Å²) in [6.07, 6.45) is 3.84. The highest BCUT2D eigenvalue weighted by atomic mass is 32.1. The molecule has 0 atom stereocenters. The van der Waals surface area contributed by atoms with Crippen molar-refractivity contribution in [3.05, 3.63) is 72.1 Å². The van der Waals surface area contributed by atoms with E-state index in [9.17, 15) is 0 Å². The summed E-state index contributed by atoms with van der Waals surface area (Å²) in [4.78, 5) is 0.377. The first kappa shape index (κ1) is 13.5. The zero-order valence-corrected chi connectivity index (χ0v) is 12.5. The zero-order chi connectivity index (χ0) is 14.8. The topological polar surface area (TPSA) is 43.8 Å². The van der Waals surface area contributed by atoms with Crippen molar-refractivity contribution in [3.63, 3.8) is 0 Å². The summed E-state index contributed by atoms with van der Waals surface area (Å²) in [5.41, 5.74) is 10.9. The van der Waals surface area contributed by atoms with Crippen molar-refractivity contribution in [1.29, 1.82) is 0 Å². The number of aryl methyl sites for hydroxylation is 1. The summed E-state index contributed by atoms with van der Waals surface area (Å²) in [5, 5.41) is 4.45. The second-order valence-electron chi connectivity index (χ2n) is 4.92. The third-order valence-corrected chi connectivity index (χ3v) is 3.58. The SMILES string of the molecule is Cc1ccc(C(N)=S)c(-n2cc(-c3ccccc3)cn2)c1. The van der Waals surface area contributed by atoms with E-state index in [-0.39, 0.29) is 0 Å². The quantitative estimate of drug-likeness (QED) is 0.752. The van der Waals surface area contributed by atoms with Gasteiger partial charge in [0.25, 0.3) is 0 Å². The van der Waals surface area contributed by atoms with Crippen LogP contribution in [0.5, 0.6) is 0 Å². The minimum Gasteiger partial charge on any atom is -0.389 e. The van der Waals surface area contributed by atoms with Crippen molar-refractivity contribution in [3.8, 4) is 16.8 Å². The Morgan fingerprint density at radius 2 is 1.86 bits per heavy atom. The van der Waals surface area contributed by atoms with Gasteiger partial charge >= 0.3 is 0 Å². The third-order valence-electron chi connectivity index (χ3n) is 3.36. The molecule has 21 heavy (non-hydrogen) atoms. The lowest BCUT2D eigenvalue weighted by molar-refractivity contribution is 0.877. The molecule has 1 heterocycles. The Labute approximate surface area is 129 Å². The van der Waals surface area contributed by atoms with Crippen molar-refractivity contribution in [2.24, 2.45) is 5.73 Å². The van der Waals surface area contributed by atoms with Crippen LogP contribution in [0.1, 0.15) is 11.1 Å². The minimum absolute atomic E-state index is 0.377. The highest BCUT2D eigenvalue weighted by Gasteiger charge is 2.09. The molecule has 0 aliphatic carbocycles. The third kappa shape index (κ3) is 2.71. The Kier molecular flexibility index (Phi) is 3.54. The molecule has 1 aromatic heterocycles. The summed E-state index contributed by atoms with van der Waals surface area (Å²) >= 11 is 5.13. The van der Waals surface area contributed by atoms with Gasteiger partial charge < -0.3 is 5.73 Å². The molecule has 104 valence electrons. The molecule has 0 bridgehead atoms. The van der Waals surface area contributed by atoms with Gasteiger partial charge in [-0.1, -0.05) is 48.6 Å². The number of hydrogen-bond acceptors (Lipinski definition) is 2. The molecule has 0 aliphatic rings. The summed E-state index contributed by atoms with van der Waals surface area (Å²) in [6, 6.07) is 16.1. The standard InChI is InChI=1S/C17H15N3S/c1-12-7-8-15(17(18)21)16(9-12)20-11-14(10-19-20)13-5-3-2-4-6-13/h2-11H,1H3,(H2,18,21). The Balaban J connectivity index is 2.08. The summed E-state index contributed by atoms with van der Waals surface area (Å²) in [7, 11) is 0. The molecule has 2 N–H and O–H groups in total. The van der Waals surface area contributed by atoms with Gasteiger partial charge in [0.2, 0.25) is 0 Å². The monoisotopic (exact) mass is 293 g/mol. The highest BCUT2D eigenvalue weighted by Crippen LogP contribution is 2.22. The van der Waals surface area contributed by atoms with Gasteiger partial charge in [-0.25, -0.2) is 4.68 Å². The highest BCUT2D eigenvalue weighted by molar-refractivity contribution is 7.80. The predicted octanol–water partition coefficient (Wildman–Crippen LogP) is 3.48. The van der Waals surface area contributed by atoms with E-state index >= 15 is 0 Å². The molecule has 0 amide bonds. The van der Waals surface area contributed by atoms with Crippen LogP contribution in [0.25, 0.3) is 16.8 Å². The van der Waals surface area contributed by atoms with Crippen LogP contribution in [0, 0.1) is 6.92 Å². The van der Waals surface area contributed by atoms with Crippen LogP contribution in [-0.4, -0.2) is 14.8 Å². The van der Waals surface area contributed by atoms with Crippen LogP contribution in [0.3, 0.4) is 0 Å². The number of thiocarbonyl (C=S) groups is 1. The Morgan fingerprint density at radius 1 is 1.10 bits per heavy atom. The van der Waals surface area contributed by atoms with Crippen molar-refractivity contribution >= 4 is 17.2 Å². The van der Waals surface area contributed by atoms with Gasteiger partial charge in [0.15, 0.2) is 0 Å². The summed E-state index contributed by atoms with van der Waals surface area (Å²) in [5.74, 6) is 0. The van der Waals surface area contributed by atoms with Crippen molar-refractivity contribution in [1.82, 2.24) is 9.78 Å². The lowest BCUT2D eigenvalue weighted by Crippen LogP contribution is -2.13. The number of nitrogens with two attached hydrogens (primary N) is 1. The van der Waals surface area contributed by atoms with Gasteiger partial charge in [-0.05, 0) is 30.2 Å². The van der Waals surface area contributed by atoms with Gasteiger partial charge in [-0.2, -0.15) is 5.10 Å². The Hall–Kier alpha value is -2.46. The molecule has 0 aliphatic heterocycles. The molecule has 0 spiro atoms. The number of hydrogen-bond donors (Lipinski definition) is 1. The molecule has 3 nitrogen and oxygen atoms in total. The largest absolute Gasteiger partial charge is 0.389 e. The molecule has 0 fully saturated rings. The van der Waals surface area contributed by atoms with E-state index < -0.39 is 0 Å². The molecular formula is C17H15N3S. The van der Waals surface area contributed by atoms with E-state index in [1.807, 2.05) is 60.4 Å². The fourth-order valence-electron chi connectivity index (χ4n) is 2.27. The molecule has 2 aromatic carbocycles. The molecule has 0 unspecified atom stereocenters. The predicted molar refractivity (Wildman–Crippen MR) is 89.6 cm³/mol. The lowest BCUT2D eigenvalue weighted by atomic mass is 10.1. The minimum atomic E-state index is 0.377. The van der Waals surface area contributed by atoms with E-state index in [1.54, 1.807) is 0 Å². The summed E-state index contributed by atoms with van der Waals surface area (Å²) < 4.78 is 1.82. The number of rotatable bonds is 3. The maximum Gasteiger partial charge on any atom is 0.106 e. The maximum absolute atomic E-state index is 5.81. The van der Waals surface area contributed by atoms with Crippen LogP contribution in [0.4, 0.5) is 0 Å². The molecule has 0 saturated heterocycles. The van der Waals surface area contributed by atoms with Gasteiger partial charge in [-0.15, -0.1) is 0 Å². The van der Waals surface area contributed by atoms with Crippen LogP contribution < -0.4 is 5.73 Å². The normalized spacial score (nSPS) is 10.5. The van der Waals surface area contributed by atoms with E-state index in [2.05, 4.69) is 17.2 Å². The van der Waals surface area contributed by atoms with E-state index in [1.165, 1.54) is 0 Å². The zero-order valence-electron chi connectivity index (χ0n) is 11.7. The van der Waals surface area contributed by atoms with Crippen LogP contribution >= 0.6 is 12.2 Å². The van der Waals surface area contributed by atoms with E-state index in [4.69, 9.17) is 18.0 Å². The first-order valence-electron chi connectivity index (χ1n) is 6.66. The molecule has 0 radical (unpaired) electrons. The van der Waals surface area contributed by atoms with E-state index in [0.29, 0.717) is 4.99 Å². The fourth-order valence-corrected chi connectivity index (χ4v) is 2.45.